The smallest absolute Gasteiger partial charge is 0.273 e. The van der Waals surface area contributed by atoms with Gasteiger partial charge in [0.25, 0.3) is 15.0 Å². The molecule has 112 valence electrons. The second kappa shape index (κ2) is 5.73. The van der Waals surface area contributed by atoms with Crippen molar-refractivity contribution < 1.29 is 13.2 Å². The van der Waals surface area contributed by atoms with E-state index in [1.165, 1.54) is 12.8 Å². The predicted octanol–water partition coefficient (Wildman–Crippen LogP) is 1.82. The molecule has 1 fully saturated rings. The van der Waals surface area contributed by atoms with Crippen LogP contribution in [0.2, 0.25) is 0 Å². The third-order valence-corrected chi connectivity index (χ3v) is 4.76. The Bertz CT molecular complexity index is 607. The molecule has 0 spiro atoms. The number of aromatic nitrogens is 2. The second-order valence-electron chi connectivity index (χ2n) is 5.22. The van der Waals surface area contributed by atoms with Crippen molar-refractivity contribution in [2.24, 2.45) is 5.92 Å². The van der Waals surface area contributed by atoms with Gasteiger partial charge in [-0.2, -0.15) is 5.10 Å². The second-order valence-corrected chi connectivity index (χ2v) is 7.73. The first kappa shape index (κ1) is 15.3. The van der Waals surface area contributed by atoms with Crippen LogP contribution in [0.15, 0.2) is 4.90 Å². The topological polar surface area (TPSA) is 91.9 Å². The van der Waals surface area contributed by atoms with Crippen molar-refractivity contribution in [3.8, 4) is 0 Å². The number of hydrogen-bond acceptors (Lipinski definition) is 4. The van der Waals surface area contributed by atoms with Crippen LogP contribution in [-0.2, 0) is 15.5 Å². The lowest BCUT2D eigenvalue weighted by molar-refractivity contribution is 0.0929. The number of nitrogens with one attached hydrogen (secondary N) is 2. The minimum absolute atomic E-state index is 0.0114. The van der Waals surface area contributed by atoms with E-state index in [0.29, 0.717) is 18.0 Å². The molecule has 1 unspecified atom stereocenters. The van der Waals surface area contributed by atoms with Crippen molar-refractivity contribution in [1.82, 2.24) is 15.5 Å². The molecule has 0 aromatic carbocycles. The molecule has 1 saturated carbocycles. The highest BCUT2D eigenvalue weighted by Gasteiger charge is 2.29. The summed E-state index contributed by atoms with van der Waals surface area (Å²) in [5.74, 6) is 0.167. The van der Waals surface area contributed by atoms with E-state index in [1.807, 2.05) is 6.92 Å². The van der Waals surface area contributed by atoms with Crippen LogP contribution in [0.3, 0.4) is 0 Å². The number of rotatable bonds is 6. The van der Waals surface area contributed by atoms with Crippen molar-refractivity contribution in [3.63, 3.8) is 0 Å². The van der Waals surface area contributed by atoms with E-state index in [1.54, 1.807) is 6.92 Å². The first-order valence-electron chi connectivity index (χ1n) is 6.65. The quantitative estimate of drug-likeness (QED) is 0.782. The molecule has 6 nitrogen and oxygen atoms in total. The standard InChI is InChI=1S/C12H18ClN3O3S/c1-3-9-11(20(13,18)19)10(16-15-9)12(17)14-7(2)6-8-4-5-8/h7-8H,3-6H2,1-2H3,(H,14,17)(H,15,16). The van der Waals surface area contributed by atoms with Gasteiger partial charge in [-0.25, -0.2) is 8.42 Å². The van der Waals surface area contributed by atoms with Gasteiger partial charge < -0.3 is 5.32 Å². The number of hydrogen-bond donors (Lipinski definition) is 2. The van der Waals surface area contributed by atoms with Crippen LogP contribution in [0.5, 0.6) is 0 Å². The molecule has 0 radical (unpaired) electrons. The fraction of sp³-hybridized carbons (Fsp3) is 0.667. The zero-order valence-electron chi connectivity index (χ0n) is 11.4. The van der Waals surface area contributed by atoms with Gasteiger partial charge in [-0.15, -0.1) is 0 Å². The largest absolute Gasteiger partial charge is 0.348 e. The number of aromatic amines is 1. The number of carbonyl (C=O) groups is 1. The maximum Gasteiger partial charge on any atom is 0.273 e. The molecule has 2 N–H and O–H groups in total. The molecule has 1 atom stereocenters. The van der Waals surface area contributed by atoms with E-state index in [9.17, 15) is 13.2 Å². The molecule has 8 heteroatoms. The average Bonchev–Trinajstić information content (AvgIpc) is 3.02. The molecule has 20 heavy (non-hydrogen) atoms. The lowest BCUT2D eigenvalue weighted by Crippen LogP contribution is -2.33. The van der Waals surface area contributed by atoms with E-state index in [-0.39, 0.29) is 16.6 Å². The SMILES string of the molecule is CCc1[nH]nc(C(=O)NC(C)CC2CC2)c1S(=O)(=O)Cl. The van der Waals surface area contributed by atoms with Gasteiger partial charge in [-0.3, -0.25) is 9.89 Å². The number of carbonyl (C=O) groups excluding carboxylic acids is 1. The van der Waals surface area contributed by atoms with Crippen LogP contribution in [0.1, 0.15) is 49.3 Å². The lowest BCUT2D eigenvalue weighted by Gasteiger charge is -2.12. The summed E-state index contributed by atoms with van der Waals surface area (Å²) in [5, 5.41) is 9.14. The number of aryl methyl sites for hydroxylation is 1. The van der Waals surface area contributed by atoms with Crippen molar-refractivity contribution in [3.05, 3.63) is 11.4 Å². The normalized spacial score (nSPS) is 16.9. The van der Waals surface area contributed by atoms with Crippen LogP contribution < -0.4 is 5.32 Å². The zero-order valence-corrected chi connectivity index (χ0v) is 13.0. The summed E-state index contributed by atoms with van der Waals surface area (Å²) in [6.07, 6.45) is 3.70. The van der Waals surface area contributed by atoms with Gasteiger partial charge in [0.2, 0.25) is 0 Å². The highest BCUT2D eigenvalue weighted by Crippen LogP contribution is 2.33. The van der Waals surface area contributed by atoms with Crippen molar-refractivity contribution in [2.75, 3.05) is 0 Å². The molecular formula is C12H18ClN3O3S. The fourth-order valence-electron chi connectivity index (χ4n) is 2.23. The molecule has 0 aliphatic heterocycles. The van der Waals surface area contributed by atoms with Gasteiger partial charge in [0, 0.05) is 16.7 Å². The van der Waals surface area contributed by atoms with E-state index in [4.69, 9.17) is 10.7 Å². The van der Waals surface area contributed by atoms with Crippen LogP contribution >= 0.6 is 10.7 Å². The molecule has 1 aromatic heterocycles. The highest BCUT2D eigenvalue weighted by molar-refractivity contribution is 8.13. The Morgan fingerprint density at radius 2 is 2.20 bits per heavy atom. The molecule has 1 aliphatic rings. The van der Waals surface area contributed by atoms with E-state index in [0.717, 1.165) is 6.42 Å². The molecule has 0 saturated heterocycles. The van der Waals surface area contributed by atoms with Crippen LogP contribution in [0.4, 0.5) is 0 Å². The van der Waals surface area contributed by atoms with Gasteiger partial charge in [0.05, 0.1) is 5.69 Å². The summed E-state index contributed by atoms with van der Waals surface area (Å²) in [6, 6.07) is -0.0114. The Morgan fingerprint density at radius 3 is 2.70 bits per heavy atom. The van der Waals surface area contributed by atoms with Crippen molar-refractivity contribution in [1.29, 1.82) is 0 Å². The number of amides is 1. The predicted molar refractivity (Wildman–Crippen MR) is 75.3 cm³/mol. The summed E-state index contributed by atoms with van der Waals surface area (Å²) in [6.45, 7) is 3.66. The summed E-state index contributed by atoms with van der Waals surface area (Å²) in [4.78, 5) is 11.9. The maximum atomic E-state index is 12.1. The van der Waals surface area contributed by atoms with Gasteiger partial charge in [-0.1, -0.05) is 19.8 Å². The third-order valence-electron chi connectivity index (χ3n) is 3.37. The van der Waals surface area contributed by atoms with Gasteiger partial charge >= 0.3 is 0 Å². The Kier molecular flexibility index (Phi) is 4.39. The molecular weight excluding hydrogens is 302 g/mol. The van der Waals surface area contributed by atoms with Crippen molar-refractivity contribution in [2.45, 2.75) is 50.5 Å². The van der Waals surface area contributed by atoms with Gasteiger partial charge in [-0.05, 0) is 25.7 Å². The summed E-state index contributed by atoms with van der Waals surface area (Å²) >= 11 is 0. The summed E-state index contributed by atoms with van der Waals surface area (Å²) in [5.41, 5.74) is 0.194. The first-order chi connectivity index (χ1) is 9.32. The van der Waals surface area contributed by atoms with Crippen LogP contribution in [-0.4, -0.2) is 30.6 Å². The zero-order chi connectivity index (χ0) is 14.9. The maximum absolute atomic E-state index is 12.1. The fourth-order valence-corrected chi connectivity index (χ4v) is 3.58. The number of nitrogens with zero attached hydrogens (tertiary/aromatic N) is 1. The summed E-state index contributed by atoms with van der Waals surface area (Å²) in [7, 11) is 1.39. The highest BCUT2D eigenvalue weighted by atomic mass is 35.7. The Morgan fingerprint density at radius 1 is 1.55 bits per heavy atom. The van der Waals surface area contributed by atoms with Crippen LogP contribution in [0.25, 0.3) is 0 Å². The van der Waals surface area contributed by atoms with Gasteiger partial charge in [0.1, 0.15) is 4.90 Å². The van der Waals surface area contributed by atoms with E-state index < -0.39 is 15.0 Å². The molecule has 1 aromatic rings. The van der Waals surface area contributed by atoms with E-state index >= 15 is 0 Å². The lowest BCUT2D eigenvalue weighted by atomic mass is 10.1. The van der Waals surface area contributed by atoms with E-state index in [2.05, 4.69) is 15.5 Å². The molecule has 1 aliphatic carbocycles. The van der Waals surface area contributed by atoms with Crippen molar-refractivity contribution >= 4 is 25.6 Å². The monoisotopic (exact) mass is 319 g/mol. The molecule has 1 amide bonds. The molecule has 1 heterocycles. The number of halogens is 1. The Balaban J connectivity index is 2.18. The number of H-pyrrole nitrogens is 1. The summed E-state index contributed by atoms with van der Waals surface area (Å²) < 4.78 is 23.2. The van der Waals surface area contributed by atoms with Crippen LogP contribution in [0, 0.1) is 5.92 Å². The Hall–Kier alpha value is -1.08. The molecule has 0 bridgehead atoms. The Labute approximate surface area is 122 Å². The van der Waals surface area contributed by atoms with Gasteiger partial charge in [0.15, 0.2) is 5.69 Å². The minimum Gasteiger partial charge on any atom is -0.348 e. The minimum atomic E-state index is -4.01. The molecule has 2 rings (SSSR count). The first-order valence-corrected chi connectivity index (χ1v) is 8.96. The average molecular weight is 320 g/mol. The third kappa shape index (κ3) is 3.52.